The van der Waals surface area contributed by atoms with E-state index in [2.05, 4.69) is 25.6 Å². The Bertz CT molecular complexity index is 692. The first-order valence-corrected chi connectivity index (χ1v) is 8.92. The van der Waals surface area contributed by atoms with E-state index in [9.17, 15) is 22.7 Å². The number of aliphatic hydroxyl groups is 1. The zero-order chi connectivity index (χ0) is 20.4. The Hall–Kier alpha value is -1.97. The molecule has 0 saturated carbocycles. The first-order chi connectivity index (χ1) is 12.5. The van der Waals surface area contributed by atoms with E-state index < -0.39 is 24.1 Å². The van der Waals surface area contributed by atoms with Gasteiger partial charge < -0.3 is 15.7 Å². The van der Waals surface area contributed by atoms with Crippen molar-refractivity contribution in [2.45, 2.75) is 71.3 Å². The third kappa shape index (κ3) is 5.50. The van der Waals surface area contributed by atoms with Crippen LogP contribution in [-0.4, -0.2) is 44.4 Å². The summed E-state index contributed by atoms with van der Waals surface area (Å²) >= 11 is 0. The summed E-state index contributed by atoms with van der Waals surface area (Å²) in [6.07, 6.45) is -4.63. The van der Waals surface area contributed by atoms with Gasteiger partial charge in [-0.15, -0.1) is 0 Å². The zero-order valence-corrected chi connectivity index (χ0v) is 15.7. The zero-order valence-electron chi connectivity index (χ0n) is 15.7. The third-order valence-corrected chi connectivity index (χ3v) is 4.58. The molecule has 0 aromatic carbocycles. The lowest BCUT2D eigenvalue weighted by atomic mass is 9.96. The molecule has 3 N–H and O–H groups in total. The Labute approximate surface area is 155 Å². The molecule has 0 radical (unpaired) electrons. The molecule has 1 unspecified atom stereocenters. The van der Waals surface area contributed by atoms with Crippen molar-refractivity contribution in [2.24, 2.45) is 5.92 Å². The van der Waals surface area contributed by atoms with Crippen molar-refractivity contribution >= 4 is 17.5 Å². The van der Waals surface area contributed by atoms with Gasteiger partial charge in [0.1, 0.15) is 18.0 Å². The Morgan fingerprint density at radius 1 is 1.04 bits per heavy atom. The highest BCUT2D eigenvalue weighted by Crippen LogP contribution is 2.32. The normalized spacial score (nSPS) is 20.6. The number of allylic oxidation sites excluding steroid dienone is 1. The Kier molecular flexibility index (Phi) is 6.61. The number of hydrogen-bond donors (Lipinski definition) is 3. The summed E-state index contributed by atoms with van der Waals surface area (Å²) in [5.74, 6) is -0.855. The molecule has 0 aliphatic heterocycles. The van der Waals surface area contributed by atoms with Gasteiger partial charge in [-0.3, -0.25) is 0 Å². The van der Waals surface area contributed by atoms with Gasteiger partial charge in [0, 0.05) is 11.6 Å². The minimum Gasteiger partial charge on any atom is -0.386 e. The van der Waals surface area contributed by atoms with Gasteiger partial charge >= 0.3 is 6.18 Å². The maximum Gasteiger partial charge on any atom is 0.408 e. The van der Waals surface area contributed by atoms with Crippen LogP contribution in [0.25, 0.3) is 5.57 Å². The number of anilines is 2. The molecule has 10 heteroatoms. The Morgan fingerprint density at radius 3 is 2.19 bits per heavy atom. The molecule has 0 bridgehead atoms. The van der Waals surface area contributed by atoms with E-state index in [1.165, 1.54) is 0 Å². The Morgan fingerprint density at radius 2 is 1.63 bits per heavy atom. The van der Waals surface area contributed by atoms with Crippen molar-refractivity contribution in [1.29, 1.82) is 0 Å². The number of halogens is 4. The summed E-state index contributed by atoms with van der Waals surface area (Å²) in [6.45, 7) is 6.75. The smallest absolute Gasteiger partial charge is 0.386 e. The number of hydrogen-bond acceptors (Lipinski definition) is 6. The fraction of sp³-hybridized carbons (Fsp3) is 0.706. The van der Waals surface area contributed by atoms with Gasteiger partial charge in [0.05, 0.1) is 0 Å². The number of alkyl halides is 3. The first kappa shape index (κ1) is 21.3. The molecule has 0 saturated heterocycles. The van der Waals surface area contributed by atoms with E-state index >= 15 is 0 Å². The van der Waals surface area contributed by atoms with Crippen LogP contribution < -0.4 is 10.6 Å². The molecule has 6 nitrogen and oxygen atoms in total. The van der Waals surface area contributed by atoms with Crippen molar-refractivity contribution in [3.8, 4) is 0 Å². The molecule has 27 heavy (non-hydrogen) atoms. The van der Waals surface area contributed by atoms with E-state index in [1.807, 2.05) is 20.8 Å². The van der Waals surface area contributed by atoms with Gasteiger partial charge in [-0.2, -0.15) is 28.1 Å². The fourth-order valence-electron chi connectivity index (χ4n) is 2.42. The largest absolute Gasteiger partial charge is 0.408 e. The molecule has 3 atom stereocenters. The van der Waals surface area contributed by atoms with Gasteiger partial charge in [-0.25, -0.2) is 4.39 Å². The minimum absolute atomic E-state index is 0.0541. The highest BCUT2D eigenvalue weighted by molar-refractivity contribution is 5.65. The number of rotatable bonds is 6. The van der Waals surface area contributed by atoms with Crippen molar-refractivity contribution in [2.75, 3.05) is 10.6 Å². The predicted octanol–water partition coefficient (Wildman–Crippen LogP) is 3.92. The van der Waals surface area contributed by atoms with Crippen LogP contribution in [-0.2, 0) is 0 Å². The lowest BCUT2D eigenvalue weighted by molar-refractivity contribution is -0.138. The average molecular weight is 391 g/mol. The summed E-state index contributed by atoms with van der Waals surface area (Å²) in [4.78, 5) is 12.1. The number of nitrogens with zero attached hydrogens (tertiary/aromatic N) is 3. The second-order valence-electron chi connectivity index (χ2n) is 7.13. The summed E-state index contributed by atoms with van der Waals surface area (Å²) in [5, 5.41) is 14.9. The average Bonchev–Trinajstić information content (AvgIpc) is 2.56. The quantitative estimate of drug-likeness (QED) is 0.638. The number of nitrogens with one attached hydrogen (secondary N) is 2. The van der Waals surface area contributed by atoms with E-state index in [1.54, 1.807) is 0 Å². The van der Waals surface area contributed by atoms with E-state index in [0.717, 1.165) is 6.92 Å². The molecule has 1 heterocycles. The molecule has 0 spiro atoms. The molecular formula is C17H25F4N5O. The lowest BCUT2D eigenvalue weighted by Gasteiger charge is -2.22. The van der Waals surface area contributed by atoms with Gasteiger partial charge in [-0.1, -0.05) is 13.8 Å². The van der Waals surface area contributed by atoms with Crippen LogP contribution in [0.5, 0.6) is 0 Å². The summed E-state index contributed by atoms with van der Waals surface area (Å²) in [7, 11) is 0. The Balaban J connectivity index is 2.43. The van der Waals surface area contributed by atoms with Crippen molar-refractivity contribution in [1.82, 2.24) is 15.0 Å². The number of aromatic nitrogens is 3. The SMILES string of the molecule is CC(C)[C@@H](C)Nc1nc(N[C@H](C)C(F)(F)F)nc(C2=C(F)C(O)CCC2)n1. The van der Waals surface area contributed by atoms with Crippen LogP contribution in [0.1, 0.15) is 52.8 Å². The van der Waals surface area contributed by atoms with E-state index in [-0.39, 0.29) is 41.7 Å². The minimum atomic E-state index is -4.49. The van der Waals surface area contributed by atoms with Crippen LogP contribution in [0.15, 0.2) is 5.83 Å². The highest BCUT2D eigenvalue weighted by Gasteiger charge is 2.36. The fourth-order valence-corrected chi connectivity index (χ4v) is 2.42. The van der Waals surface area contributed by atoms with Gasteiger partial charge in [0.25, 0.3) is 0 Å². The molecule has 0 fully saturated rings. The standard InChI is InChI=1S/C17H25F4N5O/c1-8(2)9(3)22-15-24-14(11-6-5-7-12(27)13(11)18)25-16(26-15)23-10(4)17(19,20)21/h8-10,12,27H,5-7H2,1-4H3,(H2,22,23,24,25,26)/t9-,10-,12?/m1/s1. The van der Waals surface area contributed by atoms with Crippen LogP contribution in [0.3, 0.4) is 0 Å². The number of aliphatic hydroxyl groups excluding tert-OH is 1. The summed E-state index contributed by atoms with van der Waals surface area (Å²) in [5.41, 5.74) is 0.0964. The van der Waals surface area contributed by atoms with E-state index in [4.69, 9.17) is 0 Å². The van der Waals surface area contributed by atoms with Crippen LogP contribution in [0, 0.1) is 5.92 Å². The summed E-state index contributed by atoms with van der Waals surface area (Å²) < 4.78 is 52.9. The van der Waals surface area contributed by atoms with Crippen molar-refractivity contribution in [3.05, 3.63) is 11.7 Å². The van der Waals surface area contributed by atoms with Crippen molar-refractivity contribution in [3.63, 3.8) is 0 Å². The second kappa shape index (κ2) is 8.37. The molecule has 1 aliphatic rings. The predicted molar refractivity (Wildman–Crippen MR) is 94.8 cm³/mol. The topological polar surface area (TPSA) is 83.0 Å². The van der Waals surface area contributed by atoms with Crippen LogP contribution in [0.4, 0.5) is 29.5 Å². The molecule has 152 valence electrons. The lowest BCUT2D eigenvalue weighted by Crippen LogP contribution is -2.34. The maximum atomic E-state index is 14.3. The maximum absolute atomic E-state index is 14.3. The van der Waals surface area contributed by atoms with Gasteiger partial charge in [-0.05, 0) is 39.0 Å². The highest BCUT2D eigenvalue weighted by atomic mass is 19.4. The monoisotopic (exact) mass is 391 g/mol. The first-order valence-electron chi connectivity index (χ1n) is 8.92. The van der Waals surface area contributed by atoms with Crippen molar-refractivity contribution < 1.29 is 22.7 Å². The van der Waals surface area contributed by atoms with Gasteiger partial charge in [0.15, 0.2) is 5.82 Å². The molecule has 1 aliphatic carbocycles. The molecule has 0 amide bonds. The third-order valence-electron chi connectivity index (χ3n) is 4.58. The van der Waals surface area contributed by atoms with Crippen LogP contribution >= 0.6 is 0 Å². The molecular weight excluding hydrogens is 366 g/mol. The van der Waals surface area contributed by atoms with Crippen LogP contribution in [0.2, 0.25) is 0 Å². The second-order valence-corrected chi connectivity index (χ2v) is 7.13. The molecule has 1 aromatic rings. The summed E-state index contributed by atoms with van der Waals surface area (Å²) in [6, 6.07) is -1.96. The molecule has 2 rings (SSSR count). The molecule has 1 aromatic heterocycles. The van der Waals surface area contributed by atoms with E-state index in [0.29, 0.717) is 12.8 Å². The van der Waals surface area contributed by atoms with Gasteiger partial charge in [0.2, 0.25) is 11.9 Å².